The first kappa shape index (κ1) is 15.2. The van der Waals surface area contributed by atoms with Gasteiger partial charge in [0.25, 0.3) is 0 Å². The molecule has 0 heterocycles. The molecule has 0 saturated carbocycles. The number of hydrogen-bond donors (Lipinski definition) is 0. The second kappa shape index (κ2) is 6.06. The Hall–Kier alpha value is -2.19. The Morgan fingerprint density at radius 2 is 1.81 bits per heavy atom. The Labute approximate surface area is 124 Å². The van der Waals surface area contributed by atoms with Crippen LogP contribution in [0.2, 0.25) is 5.02 Å². The number of benzene rings is 2. The van der Waals surface area contributed by atoms with Gasteiger partial charge < -0.3 is 4.74 Å². The summed E-state index contributed by atoms with van der Waals surface area (Å²) in [7, 11) is 0. The average molecular weight is 312 g/mol. The third kappa shape index (κ3) is 3.89. The average Bonchev–Trinajstić information content (AvgIpc) is 2.40. The molecule has 2 aromatic rings. The van der Waals surface area contributed by atoms with Gasteiger partial charge in [-0.15, -0.1) is 13.2 Å². The SMILES string of the molecule is N#CCc1ccc(Cl)cc1-c1ccccc1OC(F)(F)F. The first-order chi connectivity index (χ1) is 9.90. The number of nitrogens with zero attached hydrogens (tertiary/aromatic N) is 1. The third-order valence-corrected chi connectivity index (χ3v) is 2.98. The minimum Gasteiger partial charge on any atom is -0.405 e. The van der Waals surface area contributed by atoms with Gasteiger partial charge in [-0.2, -0.15) is 5.26 Å². The molecule has 21 heavy (non-hydrogen) atoms. The zero-order valence-electron chi connectivity index (χ0n) is 10.6. The summed E-state index contributed by atoms with van der Waals surface area (Å²) in [5.74, 6) is -0.327. The molecule has 0 atom stereocenters. The fraction of sp³-hybridized carbons (Fsp3) is 0.133. The monoisotopic (exact) mass is 311 g/mol. The lowest BCUT2D eigenvalue weighted by Crippen LogP contribution is -2.17. The van der Waals surface area contributed by atoms with Crippen LogP contribution in [0.15, 0.2) is 42.5 Å². The fourth-order valence-electron chi connectivity index (χ4n) is 1.94. The molecule has 0 aliphatic heterocycles. The topological polar surface area (TPSA) is 33.0 Å². The van der Waals surface area contributed by atoms with Crippen molar-refractivity contribution in [2.45, 2.75) is 12.8 Å². The number of halogens is 4. The maximum absolute atomic E-state index is 12.5. The molecule has 0 N–H and O–H groups in total. The van der Waals surface area contributed by atoms with Crippen molar-refractivity contribution in [1.82, 2.24) is 0 Å². The van der Waals surface area contributed by atoms with Crippen LogP contribution in [0.5, 0.6) is 5.75 Å². The number of rotatable bonds is 3. The molecule has 2 aromatic carbocycles. The van der Waals surface area contributed by atoms with Gasteiger partial charge in [0.2, 0.25) is 0 Å². The Balaban J connectivity index is 2.57. The highest BCUT2D eigenvalue weighted by molar-refractivity contribution is 6.30. The van der Waals surface area contributed by atoms with E-state index < -0.39 is 6.36 Å². The molecule has 0 bridgehead atoms. The summed E-state index contributed by atoms with van der Waals surface area (Å²) in [6.07, 6.45) is -4.73. The molecule has 0 aliphatic rings. The van der Waals surface area contributed by atoms with Gasteiger partial charge in [-0.25, -0.2) is 0 Å². The first-order valence-corrected chi connectivity index (χ1v) is 6.29. The molecule has 108 valence electrons. The third-order valence-electron chi connectivity index (χ3n) is 2.74. The van der Waals surface area contributed by atoms with Crippen molar-refractivity contribution in [1.29, 1.82) is 5.26 Å². The highest BCUT2D eigenvalue weighted by atomic mass is 35.5. The van der Waals surface area contributed by atoms with Crippen LogP contribution in [-0.2, 0) is 6.42 Å². The highest BCUT2D eigenvalue weighted by Gasteiger charge is 2.32. The normalized spacial score (nSPS) is 11.0. The van der Waals surface area contributed by atoms with Crippen LogP contribution in [0.25, 0.3) is 11.1 Å². The van der Waals surface area contributed by atoms with E-state index in [1.165, 1.54) is 24.3 Å². The van der Waals surface area contributed by atoms with E-state index >= 15 is 0 Å². The summed E-state index contributed by atoms with van der Waals surface area (Å²) in [6.45, 7) is 0. The van der Waals surface area contributed by atoms with Gasteiger partial charge in [0.1, 0.15) is 5.75 Å². The van der Waals surface area contributed by atoms with Crippen LogP contribution in [0.3, 0.4) is 0 Å². The standard InChI is InChI=1S/C15H9ClF3NO/c16-11-6-5-10(7-8-20)13(9-11)12-3-1-2-4-14(12)21-15(17,18)19/h1-6,9H,7H2. The highest BCUT2D eigenvalue weighted by Crippen LogP contribution is 2.36. The zero-order valence-corrected chi connectivity index (χ0v) is 11.4. The summed E-state index contributed by atoms with van der Waals surface area (Å²) in [6, 6.07) is 12.5. The minimum atomic E-state index is -4.79. The van der Waals surface area contributed by atoms with Crippen molar-refractivity contribution in [3.05, 3.63) is 53.1 Å². The van der Waals surface area contributed by atoms with Gasteiger partial charge in [0, 0.05) is 10.6 Å². The molecule has 0 radical (unpaired) electrons. The minimum absolute atomic E-state index is 0.0624. The molecule has 0 spiro atoms. The summed E-state index contributed by atoms with van der Waals surface area (Å²) in [4.78, 5) is 0. The predicted molar refractivity (Wildman–Crippen MR) is 72.9 cm³/mol. The molecule has 0 aromatic heterocycles. The largest absolute Gasteiger partial charge is 0.573 e. The molecule has 6 heteroatoms. The van der Waals surface area contributed by atoms with Crippen LogP contribution >= 0.6 is 11.6 Å². The lowest BCUT2D eigenvalue weighted by atomic mass is 9.97. The summed E-state index contributed by atoms with van der Waals surface area (Å²) >= 11 is 5.91. The van der Waals surface area contributed by atoms with Crippen molar-refractivity contribution < 1.29 is 17.9 Å². The van der Waals surface area contributed by atoms with Crippen LogP contribution in [0, 0.1) is 11.3 Å². The number of hydrogen-bond acceptors (Lipinski definition) is 2. The molecule has 0 aliphatic carbocycles. The van der Waals surface area contributed by atoms with E-state index in [0.717, 1.165) is 0 Å². The van der Waals surface area contributed by atoms with Crippen molar-refractivity contribution >= 4 is 11.6 Å². The number of alkyl halides is 3. The lowest BCUT2D eigenvalue weighted by Gasteiger charge is -2.15. The molecule has 2 rings (SSSR count). The van der Waals surface area contributed by atoms with Gasteiger partial charge in [0.15, 0.2) is 0 Å². The summed E-state index contributed by atoms with van der Waals surface area (Å²) in [5.41, 5.74) is 1.27. The number of para-hydroxylation sites is 1. The van der Waals surface area contributed by atoms with Crippen molar-refractivity contribution in [2.75, 3.05) is 0 Å². The zero-order chi connectivity index (χ0) is 15.5. The molecule has 0 amide bonds. The quantitative estimate of drug-likeness (QED) is 0.801. The van der Waals surface area contributed by atoms with Gasteiger partial charge in [-0.3, -0.25) is 0 Å². The van der Waals surface area contributed by atoms with Gasteiger partial charge in [0.05, 0.1) is 12.5 Å². The van der Waals surface area contributed by atoms with Crippen molar-refractivity contribution in [3.63, 3.8) is 0 Å². The number of nitriles is 1. The molecule has 0 fully saturated rings. The second-order valence-electron chi connectivity index (χ2n) is 4.18. The Morgan fingerprint density at radius 1 is 1.10 bits per heavy atom. The molecular weight excluding hydrogens is 303 g/mol. The fourth-order valence-corrected chi connectivity index (χ4v) is 2.11. The maximum atomic E-state index is 12.5. The summed E-state index contributed by atoms with van der Waals surface area (Å²) in [5, 5.41) is 9.19. The van der Waals surface area contributed by atoms with E-state index in [4.69, 9.17) is 16.9 Å². The Bertz CT molecular complexity index is 692. The van der Waals surface area contributed by atoms with Crippen LogP contribution in [0.4, 0.5) is 13.2 Å². The smallest absolute Gasteiger partial charge is 0.405 e. The molecular formula is C15H9ClF3NO. The van der Waals surface area contributed by atoms with Crippen LogP contribution in [-0.4, -0.2) is 6.36 Å². The summed E-state index contributed by atoms with van der Waals surface area (Å²) < 4.78 is 41.4. The van der Waals surface area contributed by atoms with E-state index in [-0.39, 0.29) is 17.7 Å². The second-order valence-corrected chi connectivity index (χ2v) is 4.62. The van der Waals surface area contributed by atoms with Gasteiger partial charge in [-0.05, 0) is 29.3 Å². The number of ether oxygens (including phenoxy) is 1. The van der Waals surface area contributed by atoms with Crippen LogP contribution < -0.4 is 4.74 Å². The Morgan fingerprint density at radius 3 is 2.48 bits per heavy atom. The van der Waals surface area contributed by atoms with E-state index in [1.807, 2.05) is 6.07 Å². The maximum Gasteiger partial charge on any atom is 0.573 e. The predicted octanol–water partition coefficient (Wildman–Crippen LogP) is 4.97. The Kier molecular flexibility index (Phi) is 4.39. The van der Waals surface area contributed by atoms with E-state index in [2.05, 4.69) is 4.74 Å². The van der Waals surface area contributed by atoms with Crippen molar-refractivity contribution in [2.24, 2.45) is 0 Å². The van der Waals surface area contributed by atoms with E-state index in [0.29, 0.717) is 16.1 Å². The van der Waals surface area contributed by atoms with E-state index in [9.17, 15) is 13.2 Å². The van der Waals surface area contributed by atoms with Crippen molar-refractivity contribution in [3.8, 4) is 22.9 Å². The lowest BCUT2D eigenvalue weighted by molar-refractivity contribution is -0.274. The first-order valence-electron chi connectivity index (χ1n) is 5.91. The van der Waals surface area contributed by atoms with Crippen LogP contribution in [0.1, 0.15) is 5.56 Å². The van der Waals surface area contributed by atoms with E-state index in [1.54, 1.807) is 18.2 Å². The van der Waals surface area contributed by atoms with Gasteiger partial charge in [-0.1, -0.05) is 35.9 Å². The molecule has 0 saturated heterocycles. The molecule has 2 nitrogen and oxygen atoms in total. The molecule has 0 unspecified atom stereocenters. The van der Waals surface area contributed by atoms with Gasteiger partial charge >= 0.3 is 6.36 Å².